The first-order valence-electron chi connectivity index (χ1n) is 11.5. The first kappa shape index (κ1) is 23.2. The molecule has 8 nitrogen and oxygen atoms in total. The molecule has 36 heavy (non-hydrogen) atoms. The topological polar surface area (TPSA) is 114 Å². The minimum atomic E-state index is -1.10. The highest BCUT2D eigenvalue weighted by atomic mass is 16.5. The van der Waals surface area contributed by atoms with Crippen LogP contribution in [0.1, 0.15) is 34.3 Å². The number of fused-ring (bicyclic) bond motifs is 3. The number of allylic oxidation sites excluding steroid dienone is 1. The van der Waals surface area contributed by atoms with Crippen molar-refractivity contribution in [3.05, 3.63) is 101 Å². The number of amides is 1. The van der Waals surface area contributed by atoms with Crippen LogP contribution in [0.15, 0.2) is 89.6 Å². The molecule has 2 aliphatic heterocycles. The molecule has 2 heterocycles. The molecule has 0 fully saturated rings. The Morgan fingerprint density at radius 3 is 2.53 bits per heavy atom. The highest BCUT2D eigenvalue weighted by Gasteiger charge is 2.45. The van der Waals surface area contributed by atoms with Gasteiger partial charge in [-0.1, -0.05) is 36.4 Å². The van der Waals surface area contributed by atoms with E-state index in [4.69, 9.17) is 15.2 Å². The Morgan fingerprint density at radius 1 is 1.03 bits per heavy atom. The number of primary amides is 1. The fourth-order valence-electron chi connectivity index (χ4n) is 4.82. The van der Waals surface area contributed by atoms with Gasteiger partial charge in [0.15, 0.2) is 12.5 Å². The zero-order valence-electron chi connectivity index (χ0n) is 19.6. The van der Waals surface area contributed by atoms with E-state index in [1.165, 1.54) is 0 Å². The number of rotatable bonds is 7. The Morgan fingerprint density at radius 2 is 1.78 bits per heavy atom. The lowest BCUT2D eigenvalue weighted by molar-refractivity contribution is -0.139. The molecule has 2 unspecified atom stereocenters. The molecule has 5 rings (SSSR count). The molecule has 0 radical (unpaired) electrons. The Labute approximate surface area is 208 Å². The number of carboxylic acid groups (broad SMARTS) is 1. The van der Waals surface area contributed by atoms with Gasteiger partial charge in [0, 0.05) is 29.1 Å². The van der Waals surface area contributed by atoms with Crippen LogP contribution in [0.5, 0.6) is 11.5 Å². The standard InChI is InChI=1S/C28H25N3O5/c1-17-13-23-26(28(30-17)35-16-24(32)33)25-21(27(29)34)11-6-12-22(25)31(23)15-18-7-5-10-20(14-18)36-19-8-3-2-4-9-19/h2-14,23,26H,15-16H2,1H3,(H2,29,34)(H,32,33). The van der Waals surface area contributed by atoms with Gasteiger partial charge in [-0.15, -0.1) is 0 Å². The number of aliphatic imine (C=N–C) groups is 1. The van der Waals surface area contributed by atoms with Crippen LogP contribution in [0.25, 0.3) is 0 Å². The van der Waals surface area contributed by atoms with E-state index in [1.807, 2.05) is 73.7 Å². The first-order valence-corrected chi connectivity index (χ1v) is 11.5. The van der Waals surface area contributed by atoms with Crippen molar-refractivity contribution in [2.24, 2.45) is 10.7 Å². The predicted molar refractivity (Wildman–Crippen MR) is 135 cm³/mol. The summed E-state index contributed by atoms with van der Waals surface area (Å²) in [5.74, 6) is -0.404. The van der Waals surface area contributed by atoms with Gasteiger partial charge >= 0.3 is 5.97 Å². The van der Waals surface area contributed by atoms with E-state index in [-0.39, 0.29) is 11.9 Å². The molecular weight excluding hydrogens is 458 g/mol. The first-order chi connectivity index (χ1) is 17.4. The lowest BCUT2D eigenvalue weighted by atomic mass is 9.88. The van der Waals surface area contributed by atoms with Crippen molar-refractivity contribution >= 4 is 23.5 Å². The zero-order valence-corrected chi connectivity index (χ0v) is 19.6. The van der Waals surface area contributed by atoms with Gasteiger partial charge in [-0.2, -0.15) is 0 Å². The molecule has 182 valence electrons. The zero-order chi connectivity index (χ0) is 25.2. The maximum Gasteiger partial charge on any atom is 0.341 e. The number of aliphatic carboxylic acids is 1. The van der Waals surface area contributed by atoms with E-state index in [0.717, 1.165) is 17.0 Å². The van der Waals surface area contributed by atoms with Gasteiger partial charge in [-0.3, -0.25) is 4.79 Å². The van der Waals surface area contributed by atoms with Gasteiger partial charge in [0.25, 0.3) is 0 Å². The summed E-state index contributed by atoms with van der Waals surface area (Å²) in [6, 6.07) is 22.6. The smallest absolute Gasteiger partial charge is 0.341 e. The molecule has 8 heteroatoms. The van der Waals surface area contributed by atoms with Crippen molar-refractivity contribution in [1.82, 2.24) is 0 Å². The largest absolute Gasteiger partial charge is 0.479 e. The van der Waals surface area contributed by atoms with E-state index >= 15 is 0 Å². The van der Waals surface area contributed by atoms with Crippen molar-refractivity contribution in [3.63, 3.8) is 0 Å². The molecule has 1 amide bonds. The van der Waals surface area contributed by atoms with Crippen molar-refractivity contribution in [2.75, 3.05) is 11.5 Å². The van der Waals surface area contributed by atoms with Crippen LogP contribution in [0, 0.1) is 0 Å². The van der Waals surface area contributed by atoms with Crippen molar-refractivity contribution in [3.8, 4) is 11.5 Å². The molecule has 0 bridgehead atoms. The number of ether oxygens (including phenoxy) is 2. The summed E-state index contributed by atoms with van der Waals surface area (Å²) in [4.78, 5) is 30.2. The monoisotopic (exact) mass is 483 g/mol. The predicted octanol–water partition coefficient (Wildman–Crippen LogP) is 4.47. The molecule has 2 aliphatic rings. The fourth-order valence-corrected chi connectivity index (χ4v) is 4.82. The summed E-state index contributed by atoms with van der Waals surface area (Å²) >= 11 is 0. The molecule has 0 saturated heterocycles. The van der Waals surface area contributed by atoms with Crippen molar-refractivity contribution < 1.29 is 24.2 Å². The number of nitrogens with two attached hydrogens (primary N) is 1. The van der Waals surface area contributed by atoms with Crippen LogP contribution in [0.2, 0.25) is 0 Å². The van der Waals surface area contributed by atoms with Crippen LogP contribution in [0.4, 0.5) is 5.69 Å². The lowest BCUT2D eigenvalue weighted by Crippen LogP contribution is -2.38. The number of carbonyl (C=O) groups excluding carboxylic acids is 1. The highest BCUT2D eigenvalue weighted by Crippen LogP contribution is 2.47. The summed E-state index contributed by atoms with van der Waals surface area (Å²) in [6.45, 7) is 1.82. The minimum absolute atomic E-state index is 0.236. The number of hydrogen-bond acceptors (Lipinski definition) is 6. The van der Waals surface area contributed by atoms with E-state index in [0.29, 0.717) is 29.1 Å². The van der Waals surface area contributed by atoms with Gasteiger partial charge in [0.1, 0.15) is 11.5 Å². The SMILES string of the molecule is CC1=CC2C(C(OCC(=O)O)=N1)c1c(C(N)=O)cccc1N2Cc1cccc(Oc2ccccc2)c1. The minimum Gasteiger partial charge on any atom is -0.479 e. The third-order valence-corrected chi connectivity index (χ3v) is 6.21. The number of carbonyl (C=O) groups is 2. The Kier molecular flexibility index (Phi) is 6.16. The van der Waals surface area contributed by atoms with Crippen LogP contribution in [-0.4, -0.2) is 35.5 Å². The second-order valence-corrected chi connectivity index (χ2v) is 8.70. The van der Waals surface area contributed by atoms with Gasteiger partial charge in [-0.05, 0) is 55.0 Å². The van der Waals surface area contributed by atoms with E-state index in [1.54, 1.807) is 12.1 Å². The second kappa shape index (κ2) is 9.58. The Hall–Kier alpha value is -4.59. The number of benzene rings is 3. The second-order valence-electron chi connectivity index (χ2n) is 8.70. The molecule has 0 aliphatic carbocycles. The number of carboxylic acids is 1. The molecular formula is C28H25N3O5. The van der Waals surface area contributed by atoms with E-state index in [9.17, 15) is 14.7 Å². The van der Waals surface area contributed by atoms with Crippen LogP contribution in [0.3, 0.4) is 0 Å². The maximum absolute atomic E-state index is 12.4. The summed E-state index contributed by atoms with van der Waals surface area (Å²) < 4.78 is 11.6. The molecule has 0 spiro atoms. The Bertz CT molecular complexity index is 1380. The quantitative estimate of drug-likeness (QED) is 0.513. The van der Waals surface area contributed by atoms with Crippen LogP contribution in [-0.2, 0) is 16.1 Å². The summed E-state index contributed by atoms with van der Waals surface area (Å²) in [7, 11) is 0. The molecule has 3 aromatic rings. The average molecular weight is 484 g/mol. The van der Waals surface area contributed by atoms with Crippen molar-refractivity contribution in [2.45, 2.75) is 25.4 Å². The fraction of sp³-hybridized carbons (Fsp3) is 0.179. The summed E-state index contributed by atoms with van der Waals surface area (Å²) in [5.41, 5.74) is 9.32. The summed E-state index contributed by atoms with van der Waals surface area (Å²) in [5, 5.41) is 9.18. The lowest BCUT2D eigenvalue weighted by Gasteiger charge is -2.31. The molecule has 3 aromatic carbocycles. The van der Waals surface area contributed by atoms with Crippen molar-refractivity contribution in [1.29, 1.82) is 0 Å². The number of hydrogen-bond donors (Lipinski definition) is 2. The molecule has 0 saturated carbocycles. The molecule has 0 aromatic heterocycles. The Balaban J connectivity index is 1.52. The number of nitrogens with zero attached hydrogens (tertiary/aromatic N) is 2. The van der Waals surface area contributed by atoms with Gasteiger partial charge in [0.2, 0.25) is 5.91 Å². The maximum atomic E-state index is 12.4. The number of para-hydroxylation sites is 1. The molecule has 3 N–H and O–H groups in total. The van der Waals surface area contributed by atoms with Crippen LogP contribution >= 0.6 is 0 Å². The highest BCUT2D eigenvalue weighted by molar-refractivity contribution is 6.02. The van der Waals surface area contributed by atoms with E-state index in [2.05, 4.69) is 9.89 Å². The average Bonchev–Trinajstić information content (AvgIpc) is 3.16. The molecule has 2 atom stereocenters. The summed E-state index contributed by atoms with van der Waals surface area (Å²) in [6.07, 6.45) is 2.01. The number of anilines is 1. The normalized spacial score (nSPS) is 18.0. The van der Waals surface area contributed by atoms with Gasteiger partial charge < -0.3 is 25.2 Å². The van der Waals surface area contributed by atoms with Gasteiger partial charge in [-0.25, -0.2) is 9.79 Å². The third-order valence-electron chi connectivity index (χ3n) is 6.21. The van der Waals surface area contributed by atoms with Gasteiger partial charge in [0.05, 0.1) is 12.0 Å². The van der Waals surface area contributed by atoms with Crippen LogP contribution < -0.4 is 15.4 Å². The van der Waals surface area contributed by atoms with E-state index < -0.39 is 24.4 Å². The third kappa shape index (κ3) is 4.53.